The molecule has 3 aromatic rings. The topological polar surface area (TPSA) is 59.1 Å². The van der Waals surface area contributed by atoms with Crippen LogP contribution in [-0.4, -0.2) is 13.4 Å². The highest BCUT2D eigenvalue weighted by Gasteiger charge is 2.26. The Morgan fingerprint density at radius 1 is 1.00 bits per heavy atom. The number of thiazole rings is 1. The summed E-state index contributed by atoms with van der Waals surface area (Å²) in [6.45, 7) is 5.92. The third kappa shape index (κ3) is 3.90. The van der Waals surface area contributed by atoms with Crippen molar-refractivity contribution in [2.24, 2.45) is 0 Å². The number of halogens is 3. The Balaban J connectivity index is 2.01. The van der Waals surface area contributed by atoms with Crippen molar-refractivity contribution in [3.63, 3.8) is 0 Å². The number of nitrogens with one attached hydrogen (secondary N) is 1. The van der Waals surface area contributed by atoms with Crippen LogP contribution in [0.4, 0.5) is 18.9 Å². The third-order valence-electron chi connectivity index (χ3n) is 3.85. The molecule has 0 saturated carbocycles. The van der Waals surface area contributed by atoms with Gasteiger partial charge >= 0.3 is 0 Å². The second-order valence-electron chi connectivity index (χ2n) is 7.11. The number of sulfonamides is 1. The van der Waals surface area contributed by atoms with Crippen molar-refractivity contribution in [3.8, 4) is 11.3 Å². The SMILES string of the molecule is CC(C)(C)c1nc(-c2cccc(NS(=O)(=O)c3c(F)cccc3F)c2F)cs1. The minimum Gasteiger partial charge on any atom is -0.276 e. The lowest BCUT2D eigenvalue weighted by atomic mass is 9.98. The molecular weight excluding hydrogens is 409 g/mol. The van der Waals surface area contributed by atoms with Gasteiger partial charge < -0.3 is 0 Å². The summed E-state index contributed by atoms with van der Waals surface area (Å²) in [6, 6.07) is 6.73. The summed E-state index contributed by atoms with van der Waals surface area (Å²) in [5.74, 6) is -3.41. The van der Waals surface area contributed by atoms with E-state index >= 15 is 0 Å². The monoisotopic (exact) mass is 426 g/mol. The summed E-state index contributed by atoms with van der Waals surface area (Å²) in [5, 5.41) is 2.47. The van der Waals surface area contributed by atoms with Gasteiger partial charge in [-0.1, -0.05) is 32.9 Å². The highest BCUT2D eigenvalue weighted by molar-refractivity contribution is 7.92. The van der Waals surface area contributed by atoms with Gasteiger partial charge in [0.05, 0.1) is 16.4 Å². The minimum absolute atomic E-state index is 0.0842. The first-order chi connectivity index (χ1) is 13.0. The average molecular weight is 426 g/mol. The molecule has 1 aromatic heterocycles. The summed E-state index contributed by atoms with van der Waals surface area (Å²) in [5.41, 5.74) is -0.210. The fourth-order valence-corrected chi connectivity index (χ4v) is 4.59. The van der Waals surface area contributed by atoms with Crippen LogP contribution in [0.15, 0.2) is 46.7 Å². The normalized spacial score (nSPS) is 12.2. The molecule has 1 N–H and O–H groups in total. The molecule has 1 heterocycles. The zero-order valence-corrected chi connectivity index (χ0v) is 16.9. The van der Waals surface area contributed by atoms with E-state index < -0.39 is 38.1 Å². The van der Waals surface area contributed by atoms with Crippen LogP contribution in [0.5, 0.6) is 0 Å². The molecule has 3 rings (SSSR count). The Morgan fingerprint density at radius 3 is 2.18 bits per heavy atom. The Bertz CT molecular complexity index is 1120. The fraction of sp³-hybridized carbons (Fsp3) is 0.211. The fourth-order valence-electron chi connectivity index (χ4n) is 2.49. The number of aromatic nitrogens is 1. The first-order valence-electron chi connectivity index (χ1n) is 8.22. The Kier molecular flexibility index (Phi) is 5.24. The van der Waals surface area contributed by atoms with Gasteiger partial charge in [0.15, 0.2) is 10.7 Å². The Labute approximate surface area is 165 Å². The van der Waals surface area contributed by atoms with Crippen LogP contribution in [0.1, 0.15) is 25.8 Å². The maximum Gasteiger partial charge on any atom is 0.267 e. The summed E-state index contributed by atoms with van der Waals surface area (Å²) >= 11 is 1.36. The van der Waals surface area contributed by atoms with E-state index in [1.807, 2.05) is 25.5 Å². The van der Waals surface area contributed by atoms with Crippen molar-refractivity contribution in [1.82, 2.24) is 4.98 Å². The van der Waals surface area contributed by atoms with Crippen LogP contribution >= 0.6 is 11.3 Å². The van der Waals surface area contributed by atoms with E-state index in [4.69, 9.17) is 0 Å². The van der Waals surface area contributed by atoms with E-state index in [0.29, 0.717) is 5.69 Å². The standard InChI is InChI=1S/C19H17F3N2O2S2/c1-19(2,3)18-23-15(10-27-18)11-6-4-9-14(16(11)22)24-28(25,26)17-12(20)7-5-8-13(17)21/h4-10,24H,1-3H3. The molecule has 0 atom stereocenters. The predicted octanol–water partition coefficient (Wildman–Crippen LogP) is 5.33. The van der Waals surface area contributed by atoms with E-state index in [-0.39, 0.29) is 11.0 Å². The molecule has 0 spiro atoms. The first-order valence-corrected chi connectivity index (χ1v) is 10.6. The van der Waals surface area contributed by atoms with Crippen LogP contribution < -0.4 is 4.72 Å². The first kappa shape index (κ1) is 20.3. The lowest BCUT2D eigenvalue weighted by molar-refractivity contribution is 0.521. The molecule has 0 fully saturated rings. The largest absolute Gasteiger partial charge is 0.276 e. The summed E-state index contributed by atoms with van der Waals surface area (Å²) in [6.07, 6.45) is 0. The van der Waals surface area contributed by atoms with E-state index in [1.165, 1.54) is 29.5 Å². The Morgan fingerprint density at radius 2 is 1.61 bits per heavy atom. The second-order valence-corrected chi connectivity index (χ2v) is 9.59. The van der Waals surface area contributed by atoms with Crippen molar-refractivity contribution >= 4 is 27.0 Å². The number of hydrogen-bond acceptors (Lipinski definition) is 4. The molecule has 0 radical (unpaired) electrons. The molecule has 2 aromatic carbocycles. The summed E-state index contributed by atoms with van der Waals surface area (Å²) in [4.78, 5) is 3.25. The van der Waals surface area contributed by atoms with Gasteiger partial charge in [-0.05, 0) is 24.3 Å². The number of rotatable bonds is 4. The zero-order chi connectivity index (χ0) is 20.7. The molecule has 0 amide bonds. The summed E-state index contributed by atoms with van der Waals surface area (Å²) in [7, 11) is -4.67. The molecular formula is C19H17F3N2O2S2. The smallest absolute Gasteiger partial charge is 0.267 e. The van der Waals surface area contributed by atoms with Crippen LogP contribution in [-0.2, 0) is 15.4 Å². The van der Waals surface area contributed by atoms with Gasteiger partial charge in [0, 0.05) is 16.4 Å². The maximum atomic E-state index is 15.0. The molecule has 0 aliphatic carbocycles. The predicted molar refractivity (Wildman–Crippen MR) is 103 cm³/mol. The van der Waals surface area contributed by atoms with Gasteiger partial charge in [-0.25, -0.2) is 26.6 Å². The highest BCUT2D eigenvalue weighted by atomic mass is 32.2. The van der Waals surface area contributed by atoms with Gasteiger partial charge in [-0.15, -0.1) is 11.3 Å². The summed E-state index contributed by atoms with van der Waals surface area (Å²) < 4.78 is 69.4. The highest BCUT2D eigenvalue weighted by Crippen LogP contribution is 2.33. The van der Waals surface area contributed by atoms with Crippen molar-refractivity contribution in [2.45, 2.75) is 31.1 Å². The van der Waals surface area contributed by atoms with Gasteiger partial charge in [0.1, 0.15) is 11.6 Å². The van der Waals surface area contributed by atoms with E-state index in [0.717, 1.165) is 23.2 Å². The molecule has 0 aliphatic heterocycles. The molecule has 148 valence electrons. The molecule has 0 saturated heterocycles. The second kappa shape index (κ2) is 7.21. The molecule has 0 unspecified atom stereocenters. The van der Waals surface area contributed by atoms with Crippen molar-refractivity contribution in [3.05, 3.63) is 64.2 Å². The lowest BCUT2D eigenvalue weighted by Gasteiger charge is -2.14. The molecule has 0 aliphatic rings. The number of anilines is 1. The van der Waals surface area contributed by atoms with E-state index in [1.54, 1.807) is 5.38 Å². The third-order valence-corrected chi connectivity index (χ3v) is 6.54. The van der Waals surface area contributed by atoms with Gasteiger partial charge in [0.2, 0.25) is 0 Å². The molecule has 28 heavy (non-hydrogen) atoms. The van der Waals surface area contributed by atoms with Gasteiger partial charge in [-0.3, -0.25) is 4.72 Å². The van der Waals surface area contributed by atoms with Crippen LogP contribution in [0.25, 0.3) is 11.3 Å². The van der Waals surface area contributed by atoms with Crippen molar-refractivity contribution in [2.75, 3.05) is 4.72 Å². The molecule has 0 bridgehead atoms. The number of benzene rings is 2. The van der Waals surface area contributed by atoms with Gasteiger partial charge in [-0.2, -0.15) is 0 Å². The quantitative estimate of drug-likeness (QED) is 0.614. The van der Waals surface area contributed by atoms with E-state index in [2.05, 4.69) is 4.98 Å². The van der Waals surface area contributed by atoms with Crippen molar-refractivity contribution < 1.29 is 21.6 Å². The minimum atomic E-state index is -4.67. The zero-order valence-electron chi connectivity index (χ0n) is 15.3. The van der Waals surface area contributed by atoms with Crippen LogP contribution in [0, 0.1) is 17.5 Å². The maximum absolute atomic E-state index is 15.0. The molecule has 4 nitrogen and oxygen atoms in total. The van der Waals surface area contributed by atoms with Crippen molar-refractivity contribution in [1.29, 1.82) is 0 Å². The van der Waals surface area contributed by atoms with Gasteiger partial charge in [0.25, 0.3) is 10.0 Å². The van der Waals surface area contributed by atoms with Crippen LogP contribution in [0.2, 0.25) is 0 Å². The molecule has 9 heteroatoms. The van der Waals surface area contributed by atoms with E-state index in [9.17, 15) is 21.6 Å². The average Bonchev–Trinajstić information content (AvgIpc) is 3.06. The Hall–Kier alpha value is -2.39. The van der Waals surface area contributed by atoms with Crippen LogP contribution in [0.3, 0.4) is 0 Å². The number of hydrogen-bond donors (Lipinski definition) is 1. The lowest BCUT2D eigenvalue weighted by Crippen LogP contribution is -2.17. The number of nitrogens with zero attached hydrogens (tertiary/aromatic N) is 1.